The van der Waals surface area contributed by atoms with E-state index >= 15 is 0 Å². The monoisotopic (exact) mass is 219 g/mol. The second-order valence-corrected chi connectivity index (χ2v) is 6.22. The Kier molecular flexibility index (Phi) is 3.67. The van der Waals surface area contributed by atoms with E-state index in [9.17, 15) is 0 Å². The normalized spacial score (nSPS) is 20.4. The predicted octanol–water partition coefficient (Wildman–Crippen LogP) is 4.18. The Morgan fingerprint density at radius 1 is 1.25 bits per heavy atom. The van der Waals surface area contributed by atoms with Gasteiger partial charge in [0.1, 0.15) is 0 Å². The van der Waals surface area contributed by atoms with Crippen LogP contribution in [0.2, 0.25) is 0 Å². The van der Waals surface area contributed by atoms with E-state index in [2.05, 4.69) is 40.9 Å². The zero-order valence-electron chi connectivity index (χ0n) is 11.2. The van der Waals surface area contributed by atoms with Gasteiger partial charge in [0.15, 0.2) is 0 Å². The Morgan fingerprint density at radius 2 is 1.69 bits per heavy atom. The molecule has 1 aliphatic carbocycles. The summed E-state index contributed by atoms with van der Waals surface area (Å²) in [7, 11) is 0. The maximum Gasteiger partial charge on any atom is 0.0162 e. The van der Waals surface area contributed by atoms with Crippen LogP contribution in [0.4, 0.5) is 0 Å². The van der Waals surface area contributed by atoms with Crippen LogP contribution in [0, 0.1) is 11.3 Å². The highest BCUT2D eigenvalue weighted by Crippen LogP contribution is 2.44. The molecule has 0 radical (unpaired) electrons. The van der Waals surface area contributed by atoms with Gasteiger partial charge in [-0.05, 0) is 47.3 Å². The second-order valence-electron chi connectivity index (χ2n) is 6.22. The summed E-state index contributed by atoms with van der Waals surface area (Å²) in [5.74, 6) is 0.586. The van der Waals surface area contributed by atoms with Crippen molar-refractivity contribution in [2.24, 2.45) is 17.1 Å². The molecular formula is C15H25N. The lowest BCUT2D eigenvalue weighted by Gasteiger charge is -2.35. The van der Waals surface area contributed by atoms with Gasteiger partial charge in [-0.2, -0.15) is 0 Å². The van der Waals surface area contributed by atoms with Crippen molar-refractivity contribution in [3.63, 3.8) is 0 Å². The molecule has 90 valence electrons. The van der Waals surface area contributed by atoms with E-state index < -0.39 is 0 Å². The topological polar surface area (TPSA) is 26.0 Å². The van der Waals surface area contributed by atoms with E-state index in [0.29, 0.717) is 5.92 Å². The highest BCUT2D eigenvalue weighted by Gasteiger charge is 2.29. The Bertz CT molecular complexity index is 320. The fraction of sp³-hybridized carbons (Fsp3) is 0.600. The standard InChI is InChI=1S/C15H25N/c1-10(2)7-13(16)14-11(3)8-15(5,6)9-12(14)4/h10H,3-4,7-9,16H2,1-2,5-6H3. The largest absolute Gasteiger partial charge is 0.402 e. The Hall–Kier alpha value is -0.980. The molecule has 2 N–H and O–H groups in total. The molecule has 0 amide bonds. The van der Waals surface area contributed by atoms with Gasteiger partial charge in [-0.1, -0.05) is 40.9 Å². The van der Waals surface area contributed by atoms with E-state index in [1.807, 2.05) is 0 Å². The lowest BCUT2D eigenvalue weighted by atomic mass is 9.70. The molecule has 1 heteroatoms. The SMILES string of the molecule is C=C1CC(C)(C)CC(=C)C1=C(N)CC(C)C. The molecule has 0 heterocycles. The van der Waals surface area contributed by atoms with Gasteiger partial charge in [-0.3, -0.25) is 0 Å². The Labute approximate surface area is 100 Å². The van der Waals surface area contributed by atoms with Crippen molar-refractivity contribution >= 4 is 0 Å². The zero-order valence-corrected chi connectivity index (χ0v) is 11.2. The number of hydrogen-bond donors (Lipinski definition) is 1. The smallest absolute Gasteiger partial charge is 0.0162 e. The molecule has 0 aromatic heterocycles. The molecular weight excluding hydrogens is 194 g/mol. The summed E-state index contributed by atoms with van der Waals surface area (Å²) in [6.45, 7) is 17.2. The van der Waals surface area contributed by atoms with Gasteiger partial charge < -0.3 is 5.73 Å². The minimum absolute atomic E-state index is 0.287. The number of nitrogens with two attached hydrogens (primary N) is 1. The maximum atomic E-state index is 6.18. The summed E-state index contributed by atoms with van der Waals surface area (Å²) >= 11 is 0. The van der Waals surface area contributed by atoms with Crippen LogP contribution in [0.1, 0.15) is 47.0 Å². The van der Waals surface area contributed by atoms with Crippen molar-refractivity contribution in [3.05, 3.63) is 35.6 Å². The van der Waals surface area contributed by atoms with Crippen molar-refractivity contribution in [3.8, 4) is 0 Å². The third kappa shape index (κ3) is 3.01. The molecule has 1 rings (SSSR count). The predicted molar refractivity (Wildman–Crippen MR) is 72.0 cm³/mol. The average Bonchev–Trinajstić information content (AvgIpc) is 1.96. The van der Waals surface area contributed by atoms with Gasteiger partial charge in [0.25, 0.3) is 0 Å². The molecule has 0 spiro atoms. The molecule has 16 heavy (non-hydrogen) atoms. The van der Waals surface area contributed by atoms with E-state index in [1.165, 1.54) is 11.1 Å². The maximum absolute atomic E-state index is 6.18. The fourth-order valence-electron chi connectivity index (χ4n) is 2.64. The summed E-state index contributed by atoms with van der Waals surface area (Å²) in [5, 5.41) is 0. The van der Waals surface area contributed by atoms with Crippen LogP contribution < -0.4 is 5.73 Å². The third-order valence-electron chi connectivity index (χ3n) is 3.04. The number of allylic oxidation sites excluding steroid dienone is 4. The van der Waals surface area contributed by atoms with Gasteiger partial charge >= 0.3 is 0 Å². The first-order valence-corrected chi connectivity index (χ1v) is 6.08. The minimum atomic E-state index is 0.287. The second kappa shape index (κ2) is 4.48. The van der Waals surface area contributed by atoms with Crippen LogP contribution in [0.3, 0.4) is 0 Å². The molecule has 0 atom stereocenters. The summed E-state index contributed by atoms with van der Waals surface area (Å²) in [4.78, 5) is 0. The van der Waals surface area contributed by atoms with Gasteiger partial charge in [0.2, 0.25) is 0 Å². The molecule has 0 aromatic carbocycles. The first-order chi connectivity index (χ1) is 7.23. The van der Waals surface area contributed by atoms with Crippen molar-refractivity contribution in [1.29, 1.82) is 0 Å². The van der Waals surface area contributed by atoms with Gasteiger partial charge in [0.05, 0.1) is 0 Å². The highest BCUT2D eigenvalue weighted by atomic mass is 14.6. The summed E-state index contributed by atoms with van der Waals surface area (Å²) in [6, 6.07) is 0. The number of rotatable bonds is 2. The Balaban J connectivity index is 2.98. The first-order valence-electron chi connectivity index (χ1n) is 6.08. The first kappa shape index (κ1) is 13.1. The van der Waals surface area contributed by atoms with Crippen LogP contribution >= 0.6 is 0 Å². The van der Waals surface area contributed by atoms with Crippen LogP contribution in [-0.2, 0) is 0 Å². The van der Waals surface area contributed by atoms with Crippen LogP contribution in [0.25, 0.3) is 0 Å². The summed E-state index contributed by atoms with van der Waals surface area (Å²) < 4.78 is 0. The van der Waals surface area contributed by atoms with Crippen molar-refractivity contribution in [2.45, 2.75) is 47.0 Å². The molecule has 1 fully saturated rings. The summed E-state index contributed by atoms with van der Waals surface area (Å²) in [5.41, 5.74) is 10.9. The van der Waals surface area contributed by atoms with E-state index in [-0.39, 0.29) is 5.41 Å². The molecule has 0 aliphatic heterocycles. The molecule has 1 saturated carbocycles. The van der Waals surface area contributed by atoms with Crippen molar-refractivity contribution in [1.82, 2.24) is 0 Å². The van der Waals surface area contributed by atoms with E-state index in [1.54, 1.807) is 0 Å². The average molecular weight is 219 g/mol. The van der Waals surface area contributed by atoms with Crippen LogP contribution in [-0.4, -0.2) is 0 Å². The van der Waals surface area contributed by atoms with E-state index in [4.69, 9.17) is 5.73 Å². The van der Waals surface area contributed by atoms with Crippen LogP contribution in [0.5, 0.6) is 0 Å². The van der Waals surface area contributed by atoms with Crippen molar-refractivity contribution < 1.29 is 0 Å². The molecule has 0 unspecified atom stereocenters. The number of hydrogen-bond acceptors (Lipinski definition) is 1. The molecule has 1 nitrogen and oxygen atoms in total. The molecule has 0 bridgehead atoms. The molecule has 0 aromatic rings. The Morgan fingerprint density at radius 3 is 2.06 bits per heavy atom. The van der Waals surface area contributed by atoms with Gasteiger partial charge in [-0.15, -0.1) is 0 Å². The van der Waals surface area contributed by atoms with Crippen molar-refractivity contribution in [2.75, 3.05) is 0 Å². The lowest BCUT2D eigenvalue weighted by molar-refractivity contribution is 0.348. The van der Waals surface area contributed by atoms with E-state index in [0.717, 1.165) is 30.5 Å². The fourth-order valence-corrected chi connectivity index (χ4v) is 2.64. The van der Waals surface area contributed by atoms with Gasteiger partial charge in [0, 0.05) is 5.70 Å². The lowest BCUT2D eigenvalue weighted by Crippen LogP contribution is -2.22. The molecule has 1 aliphatic rings. The molecule has 0 saturated heterocycles. The quantitative estimate of drug-likeness (QED) is 0.741. The minimum Gasteiger partial charge on any atom is -0.402 e. The third-order valence-corrected chi connectivity index (χ3v) is 3.04. The summed E-state index contributed by atoms with van der Waals surface area (Å²) in [6.07, 6.45) is 2.99. The zero-order chi connectivity index (χ0) is 12.5. The van der Waals surface area contributed by atoms with Gasteiger partial charge in [-0.25, -0.2) is 0 Å². The highest BCUT2D eigenvalue weighted by molar-refractivity contribution is 5.50. The van der Waals surface area contributed by atoms with Crippen LogP contribution in [0.15, 0.2) is 35.6 Å².